The lowest BCUT2D eigenvalue weighted by molar-refractivity contribution is -0.161. The van der Waals surface area contributed by atoms with Gasteiger partial charge in [0.15, 0.2) is 6.10 Å². The van der Waals surface area contributed by atoms with Crippen LogP contribution in [0, 0.1) is 0 Å². The van der Waals surface area contributed by atoms with E-state index in [4.69, 9.17) is 32.3 Å². The van der Waals surface area contributed by atoms with Gasteiger partial charge >= 0.3 is 33.6 Å². The molecule has 87 heavy (non-hydrogen) atoms. The molecule has 0 spiro atoms. The quantitative estimate of drug-likeness (QED) is 0.0146. The zero-order valence-electron chi connectivity index (χ0n) is 52.9. The molecule has 18 heteroatoms. The smallest absolute Gasteiger partial charge is 0.463 e. The van der Waals surface area contributed by atoms with E-state index in [9.17, 15) is 43.5 Å². The summed E-state index contributed by atoms with van der Waals surface area (Å²) in [5, 5.41) is 20.5. The Bertz CT molecular complexity index is 2220. The van der Waals surface area contributed by atoms with E-state index >= 15 is 0 Å². The van der Waals surface area contributed by atoms with E-state index in [-0.39, 0.29) is 19.3 Å². The van der Waals surface area contributed by atoms with Crippen LogP contribution in [0.3, 0.4) is 0 Å². The minimum absolute atomic E-state index is 0.0730. The topological polar surface area (TPSA) is 231 Å². The molecule has 0 aliphatic rings. The molecule has 0 aromatic carbocycles. The first-order valence-corrected chi connectivity index (χ1v) is 34.8. The highest BCUT2D eigenvalue weighted by Gasteiger charge is 2.29. The van der Waals surface area contributed by atoms with Crippen molar-refractivity contribution in [2.45, 2.75) is 219 Å². The van der Waals surface area contributed by atoms with Gasteiger partial charge in [0.1, 0.15) is 25.4 Å². The summed E-state index contributed by atoms with van der Waals surface area (Å²) in [7, 11) is -9.82. The van der Waals surface area contributed by atoms with Gasteiger partial charge in [-0.3, -0.25) is 32.5 Å². The van der Waals surface area contributed by atoms with Gasteiger partial charge in [-0.1, -0.05) is 211 Å². The lowest BCUT2D eigenvalue weighted by atomic mass is 10.1. The molecule has 0 saturated carbocycles. The van der Waals surface area contributed by atoms with Crippen molar-refractivity contribution in [3.05, 3.63) is 158 Å². The van der Waals surface area contributed by atoms with E-state index in [1.807, 2.05) is 24.3 Å². The maximum absolute atomic E-state index is 12.9. The molecule has 0 saturated heterocycles. The molecule has 5 atom stereocenters. The molecule has 0 bridgehead atoms. The number of phosphoric acid groups is 2. The van der Waals surface area contributed by atoms with Crippen LogP contribution in [0.25, 0.3) is 0 Å². The summed E-state index contributed by atoms with van der Waals surface area (Å²) in [6.07, 6.45) is 73.2. The number of carbonyl (C=O) groups is 3. The molecule has 0 amide bonds. The van der Waals surface area contributed by atoms with E-state index in [0.29, 0.717) is 32.1 Å². The summed E-state index contributed by atoms with van der Waals surface area (Å²) < 4.78 is 60.6. The van der Waals surface area contributed by atoms with Crippen molar-refractivity contribution in [3.63, 3.8) is 0 Å². The molecule has 0 rings (SSSR count). The molecule has 16 nitrogen and oxygen atoms in total. The number of carbonyl (C=O) groups excluding carboxylic acids is 3. The third-order valence-electron chi connectivity index (χ3n) is 12.2. The fraction of sp³-hybridized carbons (Fsp3) is 0.580. The number of ether oxygens (including phenoxy) is 3. The minimum Gasteiger partial charge on any atom is -0.463 e. The van der Waals surface area contributed by atoms with Gasteiger partial charge < -0.3 is 34.2 Å². The average Bonchev–Trinajstić information content (AvgIpc) is 3.59. The normalized spacial score (nSPS) is 15.3. The van der Waals surface area contributed by atoms with Crippen LogP contribution in [0.4, 0.5) is 0 Å². The minimum atomic E-state index is -4.95. The van der Waals surface area contributed by atoms with Crippen LogP contribution in [-0.2, 0) is 55.8 Å². The first-order valence-electron chi connectivity index (χ1n) is 31.8. The third-order valence-corrected chi connectivity index (χ3v) is 14.1. The van der Waals surface area contributed by atoms with Gasteiger partial charge in [-0.2, -0.15) is 0 Å². The second-order valence-electron chi connectivity index (χ2n) is 20.4. The van der Waals surface area contributed by atoms with Crippen molar-refractivity contribution >= 4 is 33.6 Å². The summed E-state index contributed by atoms with van der Waals surface area (Å²) in [6.45, 7) is 2.13. The molecule has 492 valence electrons. The molecule has 0 fully saturated rings. The van der Waals surface area contributed by atoms with Crippen LogP contribution < -0.4 is 0 Å². The van der Waals surface area contributed by atoms with Crippen molar-refractivity contribution in [1.29, 1.82) is 0 Å². The number of hydrogen-bond acceptors (Lipinski definition) is 14. The van der Waals surface area contributed by atoms with E-state index in [1.54, 1.807) is 0 Å². The van der Waals surface area contributed by atoms with E-state index in [1.165, 1.54) is 0 Å². The Morgan fingerprint density at radius 1 is 0.322 bits per heavy atom. The zero-order chi connectivity index (χ0) is 63.8. The Morgan fingerprint density at radius 3 is 0.943 bits per heavy atom. The first-order chi connectivity index (χ1) is 42.2. The average molecular weight is 1260 g/mol. The SMILES string of the molecule is CC/C=C\C/C=C\C/C=C\C/C=C\C/C=C\CCCC(=O)OCC(O)COP(=O)(O)OCC(O)COP(=O)(O)OCC(COC(=O)CCC/C=C\C/C=C\C/C=C\C/C=C\C/C=C\CC)OC(=O)CCCCCCCCC/C=C\C/C=C\C/C=C\CC. The van der Waals surface area contributed by atoms with Gasteiger partial charge in [-0.15, -0.1) is 0 Å². The van der Waals surface area contributed by atoms with Crippen LogP contribution in [0.2, 0.25) is 0 Å². The van der Waals surface area contributed by atoms with Gasteiger partial charge in [-0.05, 0) is 128 Å². The van der Waals surface area contributed by atoms with Gasteiger partial charge in [0, 0.05) is 19.3 Å². The predicted octanol–water partition coefficient (Wildman–Crippen LogP) is 17.2. The summed E-state index contributed by atoms with van der Waals surface area (Å²) in [5.41, 5.74) is 0. The highest BCUT2D eigenvalue weighted by Crippen LogP contribution is 2.45. The lowest BCUT2D eigenvalue weighted by Crippen LogP contribution is -2.30. The summed E-state index contributed by atoms with van der Waals surface area (Å²) in [5.74, 6) is -1.73. The summed E-state index contributed by atoms with van der Waals surface area (Å²) in [4.78, 5) is 58.2. The maximum atomic E-state index is 12.9. The van der Waals surface area contributed by atoms with E-state index in [2.05, 4.69) is 154 Å². The number of hydrogen-bond donors (Lipinski definition) is 4. The zero-order valence-corrected chi connectivity index (χ0v) is 54.7. The number of aliphatic hydroxyl groups is 2. The number of phosphoric ester groups is 2. The molecule has 0 heterocycles. The fourth-order valence-electron chi connectivity index (χ4n) is 7.48. The largest absolute Gasteiger partial charge is 0.472 e. The van der Waals surface area contributed by atoms with Gasteiger partial charge in [0.2, 0.25) is 0 Å². The molecule has 0 aromatic heterocycles. The first kappa shape index (κ1) is 82.2. The Balaban J connectivity index is 4.86. The van der Waals surface area contributed by atoms with Gasteiger partial charge in [0.05, 0.1) is 26.4 Å². The number of esters is 3. The Labute approximate surface area is 523 Å². The van der Waals surface area contributed by atoms with Crippen molar-refractivity contribution < 1.29 is 75.8 Å². The fourth-order valence-corrected chi connectivity index (χ4v) is 9.06. The Kier molecular flexibility index (Phi) is 58.0. The number of unbranched alkanes of at least 4 members (excludes halogenated alkanes) is 9. The highest BCUT2D eigenvalue weighted by atomic mass is 31.2. The van der Waals surface area contributed by atoms with Gasteiger partial charge in [0.25, 0.3) is 0 Å². The van der Waals surface area contributed by atoms with Crippen molar-refractivity contribution in [2.75, 3.05) is 39.6 Å². The number of aliphatic hydroxyl groups excluding tert-OH is 2. The number of allylic oxidation sites excluding steroid dienone is 26. The summed E-state index contributed by atoms with van der Waals surface area (Å²) >= 11 is 0. The standard InChI is InChI=1S/C69H110O16P2/c1-4-7-10-13-16-19-22-25-28-31-34-37-40-43-46-49-52-55-67(72)79-58-64(70)59-81-86(75,76)82-60-65(71)61-83-87(77,78)84-63-66(85-69(74)57-54-51-48-45-42-39-36-33-30-27-24-21-18-15-12-9-6-3)62-80-68(73)56-53-50-47-44-41-38-35-32-29-26-23-20-17-14-11-8-5-2/h7-12,16-21,25-30,34-35,37-38,43-44,46-47,64-66,70-71H,4-6,13-15,22-24,31-33,36,39-42,45,48-63H2,1-3H3,(H,75,76)(H,77,78)/b10-7-,11-8-,12-9-,19-16-,20-17-,21-18-,28-25-,29-26-,30-27-,37-34-,38-35-,46-43-,47-44-. The summed E-state index contributed by atoms with van der Waals surface area (Å²) in [6, 6.07) is 0. The third kappa shape index (κ3) is 62.6. The molecule has 4 N–H and O–H groups in total. The van der Waals surface area contributed by atoms with Crippen LogP contribution in [0.1, 0.15) is 201 Å². The Morgan fingerprint density at radius 2 is 0.586 bits per heavy atom. The molecule has 0 radical (unpaired) electrons. The van der Waals surface area contributed by atoms with E-state index < -0.39 is 91.5 Å². The van der Waals surface area contributed by atoms with E-state index in [0.717, 1.165) is 128 Å². The second kappa shape index (κ2) is 61.4. The van der Waals surface area contributed by atoms with Crippen LogP contribution in [0.15, 0.2) is 158 Å². The van der Waals surface area contributed by atoms with Crippen molar-refractivity contribution in [3.8, 4) is 0 Å². The van der Waals surface area contributed by atoms with Gasteiger partial charge in [-0.25, -0.2) is 9.13 Å². The van der Waals surface area contributed by atoms with Crippen LogP contribution >= 0.6 is 15.6 Å². The van der Waals surface area contributed by atoms with Crippen LogP contribution in [0.5, 0.6) is 0 Å². The molecule has 5 unspecified atom stereocenters. The second-order valence-corrected chi connectivity index (χ2v) is 23.3. The molecular weight excluding hydrogens is 1150 g/mol. The van der Waals surface area contributed by atoms with Crippen molar-refractivity contribution in [1.82, 2.24) is 0 Å². The van der Waals surface area contributed by atoms with Crippen LogP contribution in [-0.4, -0.2) is 95.9 Å². The Hall–Kier alpha value is -4.83. The molecule has 0 aromatic rings. The maximum Gasteiger partial charge on any atom is 0.472 e. The molecule has 0 aliphatic carbocycles. The highest BCUT2D eigenvalue weighted by molar-refractivity contribution is 7.47. The number of rotatable bonds is 58. The molecule has 0 aliphatic heterocycles. The van der Waals surface area contributed by atoms with Crippen molar-refractivity contribution in [2.24, 2.45) is 0 Å². The monoisotopic (exact) mass is 1260 g/mol. The predicted molar refractivity (Wildman–Crippen MR) is 352 cm³/mol. The molecular formula is C69H110O16P2. The lowest BCUT2D eigenvalue weighted by Gasteiger charge is -2.21.